The van der Waals surface area contributed by atoms with E-state index in [1.54, 1.807) is 0 Å². The molecule has 0 unspecified atom stereocenters. The highest BCUT2D eigenvalue weighted by Gasteiger charge is 1.92. The van der Waals surface area contributed by atoms with Crippen LogP contribution in [0.1, 0.15) is 51.5 Å². The van der Waals surface area contributed by atoms with E-state index in [2.05, 4.69) is 62.4 Å². The van der Waals surface area contributed by atoms with Crippen molar-refractivity contribution in [3.05, 3.63) is 59.7 Å². The molecular formula is C18H26. The van der Waals surface area contributed by atoms with E-state index in [-0.39, 0.29) is 0 Å². The lowest BCUT2D eigenvalue weighted by Crippen LogP contribution is -1.83. The Balaban J connectivity index is 2.35. The van der Waals surface area contributed by atoms with Crippen LogP contribution in [0, 0.1) is 0 Å². The predicted molar refractivity (Wildman–Crippen MR) is 81.8 cm³/mol. The second kappa shape index (κ2) is 9.70. The Morgan fingerprint density at radius 1 is 1.11 bits per heavy atom. The maximum atomic E-state index is 2.36. The molecule has 0 fully saturated rings. The Hall–Kier alpha value is -1.30. The molecule has 0 aliphatic carbocycles. The first-order chi connectivity index (χ1) is 8.86. The molecule has 1 aromatic carbocycles. The Morgan fingerprint density at radius 3 is 2.56 bits per heavy atom. The second-order valence-electron chi connectivity index (χ2n) is 4.72. The standard InChI is InChI=1S/C18H26/c1-3-5-12-17(11-4-2)15-9-10-16-18-13-7-6-8-14-18/h6-9,11,13-15H,3-5,10,12,16H2,1-2H3/b15-9+,17-11-. The van der Waals surface area contributed by atoms with Gasteiger partial charge in [-0.3, -0.25) is 0 Å². The molecule has 0 heterocycles. The molecule has 0 aromatic heterocycles. The number of unbranched alkanes of at least 4 members (excludes halogenated alkanes) is 1. The Bertz CT molecular complexity index is 357. The van der Waals surface area contributed by atoms with E-state index < -0.39 is 0 Å². The van der Waals surface area contributed by atoms with Crippen molar-refractivity contribution in [1.82, 2.24) is 0 Å². The first kappa shape index (κ1) is 14.8. The summed E-state index contributed by atoms with van der Waals surface area (Å²) in [6, 6.07) is 10.7. The van der Waals surface area contributed by atoms with Crippen molar-refractivity contribution in [3.8, 4) is 0 Å². The molecule has 0 saturated carbocycles. The maximum Gasteiger partial charge on any atom is -0.0244 e. The fourth-order valence-electron chi connectivity index (χ4n) is 2.03. The van der Waals surface area contributed by atoms with E-state index in [4.69, 9.17) is 0 Å². The summed E-state index contributed by atoms with van der Waals surface area (Å²) in [5.41, 5.74) is 2.93. The van der Waals surface area contributed by atoms with Crippen molar-refractivity contribution >= 4 is 0 Å². The number of rotatable bonds is 8. The smallest absolute Gasteiger partial charge is 0.0244 e. The topological polar surface area (TPSA) is 0 Å². The van der Waals surface area contributed by atoms with Crippen LogP contribution in [0.15, 0.2) is 54.1 Å². The molecule has 0 spiro atoms. The van der Waals surface area contributed by atoms with Crippen molar-refractivity contribution in [2.45, 2.75) is 52.4 Å². The van der Waals surface area contributed by atoms with Gasteiger partial charge in [-0.2, -0.15) is 0 Å². The van der Waals surface area contributed by atoms with Crippen LogP contribution in [-0.4, -0.2) is 0 Å². The molecule has 0 saturated heterocycles. The summed E-state index contributed by atoms with van der Waals surface area (Å²) in [6.07, 6.45) is 14.2. The normalized spacial score (nSPS) is 12.2. The predicted octanol–water partition coefficient (Wildman–Crippen LogP) is 5.70. The Morgan fingerprint density at radius 2 is 1.89 bits per heavy atom. The van der Waals surface area contributed by atoms with E-state index in [1.807, 2.05) is 0 Å². The molecule has 0 aliphatic heterocycles. The van der Waals surface area contributed by atoms with Crippen LogP contribution in [0.4, 0.5) is 0 Å². The van der Waals surface area contributed by atoms with Crippen LogP contribution >= 0.6 is 0 Å². The second-order valence-corrected chi connectivity index (χ2v) is 4.72. The highest BCUT2D eigenvalue weighted by Crippen LogP contribution is 2.11. The van der Waals surface area contributed by atoms with Gasteiger partial charge in [-0.15, -0.1) is 0 Å². The third-order valence-corrected chi connectivity index (χ3v) is 3.06. The summed E-state index contributed by atoms with van der Waals surface area (Å²) in [5, 5.41) is 0. The zero-order valence-corrected chi connectivity index (χ0v) is 11.9. The zero-order valence-electron chi connectivity index (χ0n) is 11.9. The molecule has 0 aliphatic rings. The molecule has 0 atom stereocenters. The number of allylic oxidation sites excluding steroid dienone is 4. The molecule has 0 bridgehead atoms. The largest absolute Gasteiger partial charge is 0.0839 e. The minimum Gasteiger partial charge on any atom is -0.0839 e. The molecule has 18 heavy (non-hydrogen) atoms. The lowest BCUT2D eigenvalue weighted by molar-refractivity contribution is 0.794. The fourth-order valence-corrected chi connectivity index (χ4v) is 2.03. The first-order valence-corrected chi connectivity index (χ1v) is 7.26. The molecule has 0 N–H and O–H groups in total. The highest BCUT2D eigenvalue weighted by molar-refractivity contribution is 5.20. The number of hydrogen-bond donors (Lipinski definition) is 0. The molecule has 0 radical (unpaired) electrons. The summed E-state index contributed by atoms with van der Waals surface area (Å²) in [6.45, 7) is 4.46. The van der Waals surface area contributed by atoms with Crippen molar-refractivity contribution in [2.75, 3.05) is 0 Å². The van der Waals surface area contributed by atoms with Gasteiger partial charge in [-0.05, 0) is 37.7 Å². The monoisotopic (exact) mass is 242 g/mol. The van der Waals surface area contributed by atoms with Gasteiger partial charge in [0.05, 0.1) is 0 Å². The number of aryl methyl sites for hydroxylation is 1. The van der Waals surface area contributed by atoms with Gasteiger partial charge in [-0.1, -0.05) is 74.4 Å². The van der Waals surface area contributed by atoms with E-state index in [0.29, 0.717) is 0 Å². The SMILES string of the molecule is CC/C=C(\C=C\CCc1ccccc1)CCCC. The van der Waals surface area contributed by atoms with E-state index >= 15 is 0 Å². The van der Waals surface area contributed by atoms with Gasteiger partial charge in [0.15, 0.2) is 0 Å². The van der Waals surface area contributed by atoms with Crippen molar-refractivity contribution in [2.24, 2.45) is 0 Å². The third-order valence-electron chi connectivity index (χ3n) is 3.06. The van der Waals surface area contributed by atoms with E-state index in [9.17, 15) is 0 Å². The molecule has 1 aromatic rings. The van der Waals surface area contributed by atoms with Gasteiger partial charge in [0.2, 0.25) is 0 Å². The molecule has 0 heteroatoms. The van der Waals surface area contributed by atoms with Gasteiger partial charge >= 0.3 is 0 Å². The summed E-state index contributed by atoms with van der Waals surface area (Å²) in [4.78, 5) is 0. The summed E-state index contributed by atoms with van der Waals surface area (Å²) < 4.78 is 0. The van der Waals surface area contributed by atoms with Crippen LogP contribution in [0.3, 0.4) is 0 Å². The van der Waals surface area contributed by atoms with Gasteiger partial charge in [-0.25, -0.2) is 0 Å². The number of hydrogen-bond acceptors (Lipinski definition) is 0. The average Bonchev–Trinajstić information content (AvgIpc) is 2.42. The van der Waals surface area contributed by atoms with E-state index in [0.717, 1.165) is 19.3 Å². The first-order valence-electron chi connectivity index (χ1n) is 7.26. The minimum atomic E-state index is 1.14. The van der Waals surface area contributed by atoms with E-state index in [1.165, 1.54) is 30.4 Å². The van der Waals surface area contributed by atoms with Crippen LogP contribution in [0.25, 0.3) is 0 Å². The van der Waals surface area contributed by atoms with Gasteiger partial charge in [0, 0.05) is 0 Å². The van der Waals surface area contributed by atoms with Crippen LogP contribution in [0.5, 0.6) is 0 Å². The molecule has 98 valence electrons. The van der Waals surface area contributed by atoms with Crippen LogP contribution in [-0.2, 0) is 6.42 Å². The third kappa shape index (κ3) is 6.44. The van der Waals surface area contributed by atoms with Gasteiger partial charge < -0.3 is 0 Å². The van der Waals surface area contributed by atoms with Crippen molar-refractivity contribution < 1.29 is 0 Å². The fraction of sp³-hybridized carbons (Fsp3) is 0.444. The summed E-state index contributed by atoms with van der Waals surface area (Å²) in [5.74, 6) is 0. The molecule has 0 nitrogen and oxygen atoms in total. The highest BCUT2D eigenvalue weighted by atomic mass is 14.0. The van der Waals surface area contributed by atoms with Crippen molar-refractivity contribution in [3.63, 3.8) is 0 Å². The molecule has 0 amide bonds. The molecule has 1 rings (SSSR count). The quantitative estimate of drug-likeness (QED) is 0.513. The zero-order chi connectivity index (χ0) is 13.1. The van der Waals surface area contributed by atoms with Crippen LogP contribution < -0.4 is 0 Å². The van der Waals surface area contributed by atoms with Crippen LogP contribution in [0.2, 0.25) is 0 Å². The van der Waals surface area contributed by atoms with Crippen molar-refractivity contribution in [1.29, 1.82) is 0 Å². The number of benzene rings is 1. The summed E-state index contributed by atoms with van der Waals surface area (Å²) >= 11 is 0. The minimum absolute atomic E-state index is 1.14. The Kier molecular flexibility index (Phi) is 7.96. The average molecular weight is 242 g/mol. The lowest BCUT2D eigenvalue weighted by atomic mass is 10.1. The maximum absolute atomic E-state index is 2.36. The lowest BCUT2D eigenvalue weighted by Gasteiger charge is -2.01. The van der Waals surface area contributed by atoms with Gasteiger partial charge in [0.25, 0.3) is 0 Å². The molecular weight excluding hydrogens is 216 g/mol. The Labute approximate surface area is 112 Å². The summed E-state index contributed by atoms with van der Waals surface area (Å²) in [7, 11) is 0. The van der Waals surface area contributed by atoms with Gasteiger partial charge in [0.1, 0.15) is 0 Å².